The van der Waals surface area contributed by atoms with Gasteiger partial charge in [-0.25, -0.2) is 8.42 Å². The summed E-state index contributed by atoms with van der Waals surface area (Å²) < 4.78 is 22.5. The highest BCUT2D eigenvalue weighted by Crippen LogP contribution is 2.22. The van der Waals surface area contributed by atoms with Crippen LogP contribution in [-0.2, 0) is 15.4 Å². The van der Waals surface area contributed by atoms with Gasteiger partial charge in [-0.1, -0.05) is 12.1 Å². The molecule has 1 aromatic carbocycles. The summed E-state index contributed by atoms with van der Waals surface area (Å²) in [5.41, 5.74) is 6.18. The van der Waals surface area contributed by atoms with Crippen LogP contribution in [0.25, 0.3) is 0 Å². The normalized spacial score (nSPS) is 15.8. The number of hydrogen-bond acceptors (Lipinski definition) is 4. The highest BCUT2D eigenvalue weighted by molar-refractivity contribution is 7.90. The molecule has 90 valence electrons. The van der Waals surface area contributed by atoms with Crippen LogP contribution >= 0.6 is 0 Å². The first kappa shape index (κ1) is 13.2. The Morgan fingerprint density at radius 3 is 2.19 bits per heavy atom. The van der Waals surface area contributed by atoms with Crippen LogP contribution < -0.4 is 5.73 Å². The Labute approximate surface area is 96.0 Å². The summed E-state index contributed by atoms with van der Waals surface area (Å²) in [7, 11) is -3.17. The Morgan fingerprint density at radius 1 is 1.31 bits per heavy atom. The summed E-state index contributed by atoms with van der Waals surface area (Å²) >= 11 is 0. The van der Waals surface area contributed by atoms with Crippen molar-refractivity contribution in [1.82, 2.24) is 0 Å². The number of nitrogens with two attached hydrogens (primary N) is 1. The molecule has 0 radical (unpaired) electrons. The number of aliphatic hydroxyl groups excluding tert-OH is 1. The average molecular weight is 243 g/mol. The van der Waals surface area contributed by atoms with Crippen LogP contribution in [0, 0.1) is 0 Å². The van der Waals surface area contributed by atoms with Gasteiger partial charge in [0.05, 0.1) is 4.90 Å². The lowest BCUT2D eigenvalue weighted by atomic mass is 9.90. The van der Waals surface area contributed by atoms with Crippen LogP contribution in [0.4, 0.5) is 0 Å². The minimum absolute atomic E-state index is 0.000821. The molecule has 0 aliphatic heterocycles. The molecule has 1 atom stereocenters. The maximum absolute atomic E-state index is 11.2. The van der Waals surface area contributed by atoms with E-state index in [1.165, 1.54) is 12.1 Å². The highest BCUT2D eigenvalue weighted by atomic mass is 32.2. The van der Waals surface area contributed by atoms with E-state index in [0.717, 1.165) is 11.8 Å². The van der Waals surface area contributed by atoms with E-state index < -0.39 is 15.4 Å². The first-order valence-corrected chi connectivity index (χ1v) is 6.87. The fourth-order valence-electron chi connectivity index (χ4n) is 1.46. The van der Waals surface area contributed by atoms with Gasteiger partial charge in [0.15, 0.2) is 9.84 Å². The van der Waals surface area contributed by atoms with Gasteiger partial charge >= 0.3 is 0 Å². The molecule has 4 nitrogen and oxygen atoms in total. The molecule has 1 unspecified atom stereocenters. The van der Waals surface area contributed by atoms with E-state index in [1.807, 2.05) is 0 Å². The van der Waals surface area contributed by atoms with Crippen molar-refractivity contribution in [2.45, 2.75) is 23.8 Å². The van der Waals surface area contributed by atoms with Crippen molar-refractivity contribution >= 4 is 9.84 Å². The maximum atomic E-state index is 11.2. The maximum Gasteiger partial charge on any atom is 0.175 e. The van der Waals surface area contributed by atoms with E-state index in [1.54, 1.807) is 19.1 Å². The predicted octanol–water partition coefficient (Wildman–Crippen LogP) is 0.646. The van der Waals surface area contributed by atoms with E-state index in [9.17, 15) is 8.42 Å². The second-order valence-electron chi connectivity index (χ2n) is 4.19. The van der Waals surface area contributed by atoms with E-state index >= 15 is 0 Å². The second-order valence-corrected chi connectivity index (χ2v) is 6.20. The summed E-state index contributed by atoms with van der Waals surface area (Å²) in [6, 6.07) is 6.44. The molecular weight excluding hydrogens is 226 g/mol. The third kappa shape index (κ3) is 3.04. The molecule has 16 heavy (non-hydrogen) atoms. The Hall–Kier alpha value is -0.910. The summed E-state index contributed by atoms with van der Waals surface area (Å²) in [5, 5.41) is 8.87. The zero-order chi connectivity index (χ0) is 12.4. The lowest BCUT2D eigenvalue weighted by molar-refractivity contribution is 0.247. The van der Waals surface area contributed by atoms with Gasteiger partial charge in [0, 0.05) is 18.4 Å². The molecule has 0 heterocycles. The van der Waals surface area contributed by atoms with Crippen molar-refractivity contribution in [2.75, 3.05) is 12.9 Å². The molecular formula is C11H17NO3S. The van der Waals surface area contributed by atoms with E-state index in [4.69, 9.17) is 10.8 Å². The molecule has 0 spiro atoms. The van der Waals surface area contributed by atoms with Gasteiger partial charge in [0.25, 0.3) is 0 Å². The van der Waals surface area contributed by atoms with Crippen LogP contribution in [0.3, 0.4) is 0 Å². The van der Waals surface area contributed by atoms with Crippen LogP contribution in [0.15, 0.2) is 29.2 Å². The molecule has 0 aromatic heterocycles. The van der Waals surface area contributed by atoms with Gasteiger partial charge in [-0.05, 0) is 31.0 Å². The molecule has 1 aromatic rings. The van der Waals surface area contributed by atoms with Crippen LogP contribution in [0.1, 0.15) is 18.9 Å². The van der Waals surface area contributed by atoms with Crippen LogP contribution in [-0.4, -0.2) is 26.4 Å². The van der Waals surface area contributed by atoms with Gasteiger partial charge in [-0.3, -0.25) is 0 Å². The molecule has 0 saturated heterocycles. The fourth-order valence-corrected chi connectivity index (χ4v) is 2.09. The largest absolute Gasteiger partial charge is 0.396 e. The zero-order valence-electron chi connectivity index (χ0n) is 9.47. The predicted molar refractivity (Wildman–Crippen MR) is 62.8 cm³/mol. The summed E-state index contributed by atoms with van der Waals surface area (Å²) in [4.78, 5) is 0.274. The minimum Gasteiger partial charge on any atom is -0.396 e. The van der Waals surface area contributed by atoms with E-state index in [0.29, 0.717) is 6.42 Å². The van der Waals surface area contributed by atoms with Gasteiger partial charge in [-0.2, -0.15) is 0 Å². The highest BCUT2D eigenvalue weighted by Gasteiger charge is 2.20. The summed E-state index contributed by atoms with van der Waals surface area (Å²) in [6.45, 7) is 1.81. The first-order chi connectivity index (χ1) is 7.27. The van der Waals surface area contributed by atoms with Gasteiger partial charge in [0.1, 0.15) is 0 Å². The Morgan fingerprint density at radius 2 is 1.81 bits per heavy atom. The fraction of sp³-hybridized carbons (Fsp3) is 0.455. The quantitative estimate of drug-likeness (QED) is 0.813. The standard InChI is InChI=1S/C11H17NO3S/c1-11(12,7-8-13)9-3-5-10(6-4-9)16(2,14)15/h3-6,13H,7-8,12H2,1-2H3. The first-order valence-electron chi connectivity index (χ1n) is 4.98. The van der Waals surface area contributed by atoms with Crippen molar-refractivity contribution in [3.05, 3.63) is 29.8 Å². The van der Waals surface area contributed by atoms with Gasteiger partial charge in [-0.15, -0.1) is 0 Å². The Balaban J connectivity index is 3.04. The summed E-state index contributed by atoms with van der Waals surface area (Å²) in [5.74, 6) is 0. The molecule has 1 rings (SSSR count). The number of benzene rings is 1. The van der Waals surface area contributed by atoms with Crippen LogP contribution in [0.5, 0.6) is 0 Å². The number of aliphatic hydroxyl groups is 1. The molecule has 0 fully saturated rings. The molecule has 5 heteroatoms. The van der Waals surface area contributed by atoms with Gasteiger partial charge < -0.3 is 10.8 Å². The van der Waals surface area contributed by atoms with Crippen molar-refractivity contribution in [2.24, 2.45) is 5.73 Å². The third-order valence-electron chi connectivity index (χ3n) is 2.57. The number of sulfone groups is 1. The number of hydrogen-bond donors (Lipinski definition) is 2. The third-order valence-corrected chi connectivity index (χ3v) is 3.70. The van der Waals surface area contributed by atoms with Crippen molar-refractivity contribution in [3.63, 3.8) is 0 Å². The minimum atomic E-state index is -3.17. The molecule has 0 saturated carbocycles. The smallest absolute Gasteiger partial charge is 0.175 e. The second kappa shape index (κ2) is 4.53. The van der Waals surface area contributed by atoms with E-state index in [2.05, 4.69) is 0 Å². The molecule has 3 N–H and O–H groups in total. The monoisotopic (exact) mass is 243 g/mol. The molecule has 0 amide bonds. The lowest BCUT2D eigenvalue weighted by Gasteiger charge is -2.24. The zero-order valence-corrected chi connectivity index (χ0v) is 10.3. The van der Waals surface area contributed by atoms with E-state index in [-0.39, 0.29) is 11.5 Å². The number of rotatable bonds is 4. The van der Waals surface area contributed by atoms with Crippen LogP contribution in [0.2, 0.25) is 0 Å². The van der Waals surface area contributed by atoms with Crippen molar-refractivity contribution in [1.29, 1.82) is 0 Å². The van der Waals surface area contributed by atoms with Gasteiger partial charge in [0.2, 0.25) is 0 Å². The summed E-state index contributed by atoms with van der Waals surface area (Å²) in [6.07, 6.45) is 1.60. The SMILES string of the molecule is CC(N)(CCO)c1ccc(S(C)(=O)=O)cc1. The van der Waals surface area contributed by atoms with Crippen molar-refractivity contribution < 1.29 is 13.5 Å². The topological polar surface area (TPSA) is 80.4 Å². The molecule has 0 aliphatic rings. The average Bonchev–Trinajstić information content (AvgIpc) is 2.16. The Bertz CT molecular complexity index is 449. The lowest BCUT2D eigenvalue weighted by Crippen LogP contribution is -2.33. The molecule has 0 aliphatic carbocycles. The Kier molecular flexibility index (Phi) is 3.72. The molecule has 0 bridgehead atoms. The van der Waals surface area contributed by atoms with Crippen molar-refractivity contribution in [3.8, 4) is 0 Å².